The van der Waals surface area contributed by atoms with Crippen LogP contribution in [0.3, 0.4) is 0 Å². The number of allylic oxidation sites excluding steroid dienone is 1. The molecule has 0 fully saturated rings. The molecule has 2 rings (SSSR count). The van der Waals surface area contributed by atoms with E-state index in [1.165, 1.54) is 0 Å². The third kappa shape index (κ3) is 3.32. The molecule has 0 aliphatic heterocycles. The Morgan fingerprint density at radius 1 is 1.05 bits per heavy atom. The van der Waals surface area contributed by atoms with Crippen LogP contribution in [-0.2, 0) is 6.61 Å². The van der Waals surface area contributed by atoms with Gasteiger partial charge in [-0.05, 0) is 30.2 Å². The van der Waals surface area contributed by atoms with E-state index in [0.717, 1.165) is 5.56 Å². The second-order valence-corrected chi connectivity index (χ2v) is 4.38. The second-order valence-electron chi connectivity index (χ2n) is 4.38. The lowest BCUT2D eigenvalue weighted by molar-refractivity contribution is 0.103. The van der Waals surface area contributed by atoms with Gasteiger partial charge in [0.05, 0.1) is 5.56 Å². The summed E-state index contributed by atoms with van der Waals surface area (Å²) in [4.78, 5) is 12.0. The fourth-order valence-electron chi connectivity index (χ4n) is 1.75. The highest BCUT2D eigenvalue weighted by Crippen LogP contribution is 2.21. The fraction of sp³-hybridized carbons (Fsp3) is 0.118. The smallest absolute Gasteiger partial charge is 0.191 e. The topological polar surface area (TPSA) is 26.3 Å². The number of hydrogen-bond acceptors (Lipinski definition) is 2. The lowest BCUT2D eigenvalue weighted by Gasteiger charge is -2.10. The van der Waals surface area contributed by atoms with Crippen molar-refractivity contribution < 1.29 is 9.53 Å². The first-order valence-corrected chi connectivity index (χ1v) is 6.14. The van der Waals surface area contributed by atoms with Crippen LogP contribution >= 0.6 is 0 Å². The number of ether oxygens (including phenoxy) is 1. The minimum atomic E-state index is -0.0799. The zero-order valence-electron chi connectivity index (χ0n) is 10.9. The van der Waals surface area contributed by atoms with Gasteiger partial charge in [-0.1, -0.05) is 49.0 Å². The Labute approximate surface area is 113 Å². The molecule has 2 aromatic carbocycles. The monoisotopic (exact) mass is 252 g/mol. The van der Waals surface area contributed by atoms with Gasteiger partial charge < -0.3 is 4.74 Å². The lowest BCUT2D eigenvalue weighted by Crippen LogP contribution is -2.04. The molecule has 0 aliphatic rings. The van der Waals surface area contributed by atoms with Crippen molar-refractivity contribution in [2.45, 2.75) is 13.5 Å². The molecule has 0 aliphatic carbocycles. The number of carbonyl (C=O) groups excluding carboxylic acids is 1. The highest BCUT2D eigenvalue weighted by atomic mass is 16.5. The van der Waals surface area contributed by atoms with Gasteiger partial charge in [0.15, 0.2) is 5.78 Å². The zero-order chi connectivity index (χ0) is 13.7. The van der Waals surface area contributed by atoms with Crippen molar-refractivity contribution in [3.8, 4) is 5.75 Å². The number of hydrogen-bond donors (Lipinski definition) is 0. The maximum atomic E-state index is 12.0. The normalized spacial score (nSPS) is 9.95. The van der Waals surface area contributed by atoms with E-state index in [0.29, 0.717) is 23.5 Å². The van der Waals surface area contributed by atoms with Crippen LogP contribution in [-0.4, -0.2) is 5.78 Å². The molecular formula is C17H16O2. The summed E-state index contributed by atoms with van der Waals surface area (Å²) in [7, 11) is 0. The second kappa shape index (κ2) is 6.01. The van der Waals surface area contributed by atoms with Gasteiger partial charge in [0, 0.05) is 0 Å². The van der Waals surface area contributed by atoms with Gasteiger partial charge in [-0.2, -0.15) is 0 Å². The van der Waals surface area contributed by atoms with Crippen molar-refractivity contribution in [1.29, 1.82) is 0 Å². The molecule has 0 unspecified atom stereocenters. The molecule has 0 spiro atoms. The first-order chi connectivity index (χ1) is 9.18. The quantitative estimate of drug-likeness (QED) is 0.593. The number of benzene rings is 2. The predicted octanol–water partition coefficient (Wildman–Crippen LogP) is 4.02. The summed E-state index contributed by atoms with van der Waals surface area (Å²) in [6.07, 6.45) is 0. The Morgan fingerprint density at radius 3 is 2.37 bits per heavy atom. The van der Waals surface area contributed by atoms with Crippen LogP contribution in [0.25, 0.3) is 0 Å². The summed E-state index contributed by atoms with van der Waals surface area (Å²) in [5, 5.41) is 0. The molecule has 0 radical (unpaired) electrons. The number of rotatable bonds is 5. The molecule has 2 aromatic rings. The summed E-state index contributed by atoms with van der Waals surface area (Å²) in [5.41, 5.74) is 2.14. The van der Waals surface area contributed by atoms with E-state index in [4.69, 9.17) is 4.74 Å². The summed E-state index contributed by atoms with van der Waals surface area (Å²) >= 11 is 0. The SMILES string of the molecule is C=C(C)C(=O)c1ccccc1OCc1ccccc1. The molecule has 0 saturated carbocycles. The number of carbonyl (C=O) groups is 1. The molecule has 0 heterocycles. The van der Waals surface area contributed by atoms with Crippen LogP contribution in [0.15, 0.2) is 66.7 Å². The maximum Gasteiger partial charge on any atom is 0.191 e. The van der Waals surface area contributed by atoms with E-state index in [1.807, 2.05) is 42.5 Å². The van der Waals surface area contributed by atoms with E-state index >= 15 is 0 Å². The van der Waals surface area contributed by atoms with E-state index in [2.05, 4.69) is 6.58 Å². The summed E-state index contributed by atoms with van der Waals surface area (Å²) in [5.74, 6) is 0.517. The Morgan fingerprint density at radius 2 is 1.68 bits per heavy atom. The Balaban J connectivity index is 2.17. The van der Waals surface area contributed by atoms with Gasteiger partial charge in [0.25, 0.3) is 0 Å². The fourth-order valence-corrected chi connectivity index (χ4v) is 1.75. The molecule has 0 atom stereocenters. The van der Waals surface area contributed by atoms with Crippen LogP contribution in [0.2, 0.25) is 0 Å². The Hall–Kier alpha value is -2.35. The number of Topliss-reactive ketones (excluding diaryl/α,β-unsaturated/α-hetero) is 1. The molecule has 2 nitrogen and oxygen atoms in total. The number of ketones is 1. The number of para-hydroxylation sites is 1. The largest absolute Gasteiger partial charge is 0.488 e. The minimum Gasteiger partial charge on any atom is -0.488 e. The molecule has 0 bridgehead atoms. The van der Waals surface area contributed by atoms with E-state index in [9.17, 15) is 4.79 Å². The lowest BCUT2D eigenvalue weighted by atomic mass is 10.1. The van der Waals surface area contributed by atoms with Gasteiger partial charge in [0.1, 0.15) is 12.4 Å². The first kappa shape index (κ1) is 13.1. The highest BCUT2D eigenvalue weighted by molar-refractivity contribution is 6.09. The molecule has 19 heavy (non-hydrogen) atoms. The van der Waals surface area contributed by atoms with Crippen molar-refractivity contribution in [2.75, 3.05) is 0 Å². The van der Waals surface area contributed by atoms with Crippen LogP contribution in [0.5, 0.6) is 5.75 Å². The molecule has 2 heteroatoms. The Kier molecular flexibility index (Phi) is 4.14. The molecule has 0 aromatic heterocycles. The third-order valence-electron chi connectivity index (χ3n) is 2.76. The third-order valence-corrected chi connectivity index (χ3v) is 2.76. The van der Waals surface area contributed by atoms with E-state index in [-0.39, 0.29) is 5.78 Å². The van der Waals surface area contributed by atoms with Gasteiger partial charge >= 0.3 is 0 Å². The first-order valence-electron chi connectivity index (χ1n) is 6.14. The summed E-state index contributed by atoms with van der Waals surface area (Å²) < 4.78 is 5.73. The molecule has 0 N–H and O–H groups in total. The van der Waals surface area contributed by atoms with Crippen molar-refractivity contribution in [3.63, 3.8) is 0 Å². The van der Waals surface area contributed by atoms with Gasteiger partial charge in [-0.25, -0.2) is 0 Å². The van der Waals surface area contributed by atoms with Gasteiger partial charge in [-0.15, -0.1) is 0 Å². The van der Waals surface area contributed by atoms with Gasteiger partial charge in [-0.3, -0.25) is 4.79 Å². The standard InChI is InChI=1S/C17H16O2/c1-13(2)17(18)15-10-6-7-11-16(15)19-12-14-8-4-3-5-9-14/h3-11H,1,12H2,2H3. The summed E-state index contributed by atoms with van der Waals surface area (Å²) in [6.45, 7) is 5.84. The molecular weight excluding hydrogens is 236 g/mol. The van der Waals surface area contributed by atoms with E-state index < -0.39 is 0 Å². The van der Waals surface area contributed by atoms with Crippen molar-refractivity contribution in [3.05, 3.63) is 77.9 Å². The van der Waals surface area contributed by atoms with Crippen LogP contribution in [0.1, 0.15) is 22.8 Å². The minimum absolute atomic E-state index is 0.0799. The highest BCUT2D eigenvalue weighted by Gasteiger charge is 2.12. The van der Waals surface area contributed by atoms with Crippen molar-refractivity contribution >= 4 is 5.78 Å². The van der Waals surface area contributed by atoms with Crippen molar-refractivity contribution in [2.24, 2.45) is 0 Å². The summed E-state index contributed by atoms with van der Waals surface area (Å²) in [6, 6.07) is 17.1. The van der Waals surface area contributed by atoms with Gasteiger partial charge in [0.2, 0.25) is 0 Å². The molecule has 96 valence electrons. The molecule has 0 saturated heterocycles. The van der Waals surface area contributed by atoms with Crippen molar-refractivity contribution in [1.82, 2.24) is 0 Å². The predicted molar refractivity (Wildman–Crippen MR) is 76.4 cm³/mol. The van der Waals surface area contributed by atoms with Crippen LogP contribution < -0.4 is 4.74 Å². The average Bonchev–Trinajstić information content (AvgIpc) is 2.45. The van der Waals surface area contributed by atoms with Crippen LogP contribution in [0.4, 0.5) is 0 Å². The average molecular weight is 252 g/mol. The maximum absolute atomic E-state index is 12.0. The van der Waals surface area contributed by atoms with E-state index in [1.54, 1.807) is 19.1 Å². The molecule has 0 amide bonds. The van der Waals surface area contributed by atoms with Crippen LogP contribution in [0, 0.1) is 0 Å². The zero-order valence-corrected chi connectivity index (χ0v) is 10.9. The Bertz CT molecular complexity index is 585.